The number of hydrogen-bond donors (Lipinski definition) is 1. The molecule has 0 unspecified atom stereocenters. The first-order valence-electron chi connectivity index (χ1n) is 7.64. The number of aliphatic hydroxyl groups excluding tert-OH is 1. The number of amides is 1. The summed E-state index contributed by atoms with van der Waals surface area (Å²) in [6.45, 7) is 0.853. The van der Waals surface area contributed by atoms with Crippen molar-refractivity contribution in [3.05, 3.63) is 42.5 Å². The average molecular weight is 316 g/mol. The van der Waals surface area contributed by atoms with Crippen LogP contribution in [0.3, 0.4) is 0 Å². The Morgan fingerprint density at radius 2 is 1.83 bits per heavy atom. The van der Waals surface area contributed by atoms with Gasteiger partial charge in [-0.05, 0) is 30.0 Å². The van der Waals surface area contributed by atoms with Crippen molar-refractivity contribution in [3.63, 3.8) is 0 Å². The molecule has 2 aromatic rings. The summed E-state index contributed by atoms with van der Waals surface area (Å²) in [6.07, 6.45) is -0.651. The maximum Gasteiger partial charge on any atom is 0.236 e. The Kier molecular flexibility index (Phi) is 5.96. The van der Waals surface area contributed by atoms with Gasteiger partial charge in [0.25, 0.3) is 0 Å². The van der Waals surface area contributed by atoms with E-state index in [1.54, 1.807) is 26.0 Å². The van der Waals surface area contributed by atoms with Crippen molar-refractivity contribution in [2.24, 2.45) is 0 Å². The normalized spacial score (nSPS) is 12.4. The van der Waals surface area contributed by atoms with Gasteiger partial charge in [-0.3, -0.25) is 9.69 Å². The maximum absolute atomic E-state index is 11.6. The number of hydrogen-bond acceptors (Lipinski definition) is 4. The number of rotatable bonds is 7. The van der Waals surface area contributed by atoms with Crippen LogP contribution in [0, 0.1) is 0 Å². The minimum Gasteiger partial charge on any atom is -0.491 e. The second kappa shape index (κ2) is 7.94. The first-order valence-corrected chi connectivity index (χ1v) is 7.64. The van der Waals surface area contributed by atoms with E-state index in [0.29, 0.717) is 6.54 Å². The largest absolute Gasteiger partial charge is 0.491 e. The molecule has 0 aliphatic rings. The van der Waals surface area contributed by atoms with Gasteiger partial charge in [0, 0.05) is 20.6 Å². The maximum atomic E-state index is 11.6. The molecule has 0 heterocycles. The van der Waals surface area contributed by atoms with Crippen LogP contribution in [-0.2, 0) is 4.79 Å². The van der Waals surface area contributed by atoms with E-state index in [1.807, 2.05) is 42.5 Å². The van der Waals surface area contributed by atoms with Gasteiger partial charge in [0.15, 0.2) is 0 Å². The minimum atomic E-state index is -0.651. The predicted octanol–water partition coefficient (Wildman–Crippen LogP) is 1.60. The van der Waals surface area contributed by atoms with Crippen LogP contribution in [0.1, 0.15) is 0 Å². The topological polar surface area (TPSA) is 53.0 Å². The van der Waals surface area contributed by atoms with E-state index in [4.69, 9.17) is 4.74 Å². The summed E-state index contributed by atoms with van der Waals surface area (Å²) in [5.41, 5.74) is 0. The van der Waals surface area contributed by atoms with E-state index in [0.717, 1.165) is 16.5 Å². The highest BCUT2D eigenvalue weighted by molar-refractivity contribution is 5.83. The van der Waals surface area contributed by atoms with Gasteiger partial charge in [0.05, 0.1) is 6.54 Å². The fraction of sp³-hybridized carbons (Fsp3) is 0.389. The van der Waals surface area contributed by atoms with Crippen LogP contribution in [0.5, 0.6) is 5.75 Å². The molecule has 5 heteroatoms. The molecule has 1 N–H and O–H groups in total. The van der Waals surface area contributed by atoms with Gasteiger partial charge in [0.2, 0.25) is 5.91 Å². The van der Waals surface area contributed by atoms with E-state index in [1.165, 1.54) is 4.90 Å². The molecule has 0 aliphatic carbocycles. The minimum absolute atomic E-state index is 0.00940. The third-order valence-electron chi connectivity index (χ3n) is 3.59. The van der Waals surface area contributed by atoms with Crippen LogP contribution in [-0.4, -0.2) is 67.8 Å². The Bertz CT molecular complexity index is 658. The molecule has 0 fully saturated rings. The van der Waals surface area contributed by atoms with Crippen molar-refractivity contribution < 1.29 is 14.6 Å². The molecular weight excluding hydrogens is 292 g/mol. The lowest BCUT2D eigenvalue weighted by molar-refractivity contribution is -0.129. The summed E-state index contributed by atoms with van der Waals surface area (Å²) < 4.78 is 5.66. The lowest BCUT2D eigenvalue weighted by Crippen LogP contribution is -2.39. The van der Waals surface area contributed by atoms with Gasteiger partial charge in [-0.2, -0.15) is 0 Å². The fourth-order valence-electron chi connectivity index (χ4n) is 2.30. The molecule has 2 rings (SSSR count). The average Bonchev–Trinajstić information content (AvgIpc) is 2.52. The Morgan fingerprint density at radius 1 is 1.13 bits per heavy atom. The van der Waals surface area contributed by atoms with Crippen molar-refractivity contribution >= 4 is 16.7 Å². The molecule has 0 radical (unpaired) electrons. The zero-order chi connectivity index (χ0) is 16.8. The van der Waals surface area contributed by atoms with E-state index in [2.05, 4.69) is 0 Å². The lowest BCUT2D eigenvalue weighted by Gasteiger charge is -2.22. The van der Waals surface area contributed by atoms with Crippen molar-refractivity contribution in [3.8, 4) is 5.75 Å². The molecule has 5 nitrogen and oxygen atoms in total. The second-order valence-electron chi connectivity index (χ2n) is 5.96. The smallest absolute Gasteiger partial charge is 0.236 e. The molecule has 1 amide bonds. The van der Waals surface area contributed by atoms with Crippen molar-refractivity contribution in [2.75, 3.05) is 40.8 Å². The van der Waals surface area contributed by atoms with Crippen molar-refractivity contribution in [1.29, 1.82) is 0 Å². The molecule has 124 valence electrons. The summed E-state index contributed by atoms with van der Waals surface area (Å²) in [6, 6.07) is 13.9. The van der Waals surface area contributed by atoms with E-state index >= 15 is 0 Å². The van der Waals surface area contributed by atoms with Gasteiger partial charge in [-0.1, -0.05) is 30.3 Å². The van der Waals surface area contributed by atoms with E-state index in [-0.39, 0.29) is 19.1 Å². The van der Waals surface area contributed by atoms with Gasteiger partial charge in [-0.15, -0.1) is 0 Å². The Hall–Kier alpha value is -2.11. The van der Waals surface area contributed by atoms with Crippen molar-refractivity contribution in [2.45, 2.75) is 6.10 Å². The van der Waals surface area contributed by atoms with Crippen LogP contribution < -0.4 is 4.74 Å². The zero-order valence-electron chi connectivity index (χ0n) is 13.9. The van der Waals surface area contributed by atoms with Gasteiger partial charge in [-0.25, -0.2) is 0 Å². The molecular formula is C18H24N2O3. The van der Waals surface area contributed by atoms with Crippen LogP contribution >= 0.6 is 0 Å². The number of benzene rings is 2. The van der Waals surface area contributed by atoms with Crippen LogP contribution in [0.15, 0.2) is 42.5 Å². The summed E-state index contributed by atoms with van der Waals surface area (Å²) in [7, 11) is 5.24. The summed E-state index contributed by atoms with van der Waals surface area (Å²) >= 11 is 0. The number of likely N-dealkylation sites (N-methyl/N-ethyl adjacent to an activating group) is 2. The number of ether oxygens (including phenoxy) is 1. The first-order chi connectivity index (χ1) is 11.0. The van der Waals surface area contributed by atoms with Crippen LogP contribution in [0.2, 0.25) is 0 Å². The SMILES string of the molecule is CN(CC(=O)N(C)C)C[C@H](O)COc1ccc2ccccc2c1. The molecule has 0 saturated heterocycles. The predicted molar refractivity (Wildman–Crippen MR) is 91.6 cm³/mol. The Balaban J connectivity index is 1.83. The molecule has 0 aliphatic heterocycles. The van der Waals surface area contributed by atoms with E-state index in [9.17, 15) is 9.90 Å². The zero-order valence-corrected chi connectivity index (χ0v) is 13.9. The molecule has 0 bridgehead atoms. The van der Waals surface area contributed by atoms with E-state index < -0.39 is 6.10 Å². The molecule has 0 saturated carbocycles. The van der Waals surface area contributed by atoms with Crippen molar-refractivity contribution in [1.82, 2.24) is 9.80 Å². The molecule has 23 heavy (non-hydrogen) atoms. The Labute approximate surface area is 137 Å². The number of carbonyl (C=O) groups is 1. The third kappa shape index (κ3) is 5.23. The quantitative estimate of drug-likeness (QED) is 0.843. The summed E-state index contributed by atoms with van der Waals surface area (Å²) in [5.74, 6) is 0.741. The number of aliphatic hydroxyl groups is 1. The molecule has 1 atom stereocenters. The highest BCUT2D eigenvalue weighted by atomic mass is 16.5. The van der Waals surface area contributed by atoms with Crippen LogP contribution in [0.25, 0.3) is 10.8 Å². The van der Waals surface area contributed by atoms with Gasteiger partial charge < -0.3 is 14.7 Å². The van der Waals surface area contributed by atoms with Gasteiger partial charge >= 0.3 is 0 Å². The highest BCUT2D eigenvalue weighted by Gasteiger charge is 2.13. The second-order valence-corrected chi connectivity index (χ2v) is 5.96. The Morgan fingerprint density at radius 3 is 2.52 bits per heavy atom. The number of nitrogens with zero attached hydrogens (tertiary/aromatic N) is 2. The highest BCUT2D eigenvalue weighted by Crippen LogP contribution is 2.20. The molecule has 0 spiro atoms. The standard InChI is InChI=1S/C18H24N2O3/c1-19(2)18(22)12-20(3)11-16(21)13-23-17-9-8-14-6-4-5-7-15(14)10-17/h4-10,16,21H,11-13H2,1-3H3/t16-/m0/s1. The van der Waals surface area contributed by atoms with Crippen LogP contribution in [0.4, 0.5) is 0 Å². The monoisotopic (exact) mass is 316 g/mol. The molecule has 0 aromatic heterocycles. The summed E-state index contributed by atoms with van der Waals surface area (Å²) in [4.78, 5) is 14.9. The molecule has 2 aromatic carbocycles. The van der Waals surface area contributed by atoms with Gasteiger partial charge in [0.1, 0.15) is 18.5 Å². The number of fused-ring (bicyclic) bond motifs is 1. The third-order valence-corrected chi connectivity index (χ3v) is 3.59. The first kappa shape index (κ1) is 17.2. The fourth-order valence-corrected chi connectivity index (χ4v) is 2.30. The number of carbonyl (C=O) groups excluding carboxylic acids is 1. The lowest BCUT2D eigenvalue weighted by atomic mass is 10.1. The summed E-state index contributed by atoms with van der Waals surface area (Å²) in [5, 5.41) is 12.3.